The lowest BCUT2D eigenvalue weighted by molar-refractivity contribution is 0.210. The molecule has 0 aliphatic rings. The van der Waals surface area contributed by atoms with Gasteiger partial charge >= 0.3 is 0 Å². The van der Waals surface area contributed by atoms with Crippen LogP contribution in [0.15, 0.2) is 12.4 Å². The van der Waals surface area contributed by atoms with E-state index < -0.39 is 0 Å². The second-order valence-electron chi connectivity index (χ2n) is 3.71. The molecule has 1 rings (SSSR count). The third-order valence-electron chi connectivity index (χ3n) is 2.47. The molecular formula is C11H21N3OS. The first-order valence-electron chi connectivity index (χ1n) is 5.54. The fourth-order valence-electron chi connectivity index (χ4n) is 1.50. The number of nitrogens with zero attached hydrogens (tertiary/aromatic N) is 2. The van der Waals surface area contributed by atoms with Crippen molar-refractivity contribution in [3.05, 3.63) is 12.4 Å². The van der Waals surface area contributed by atoms with Crippen molar-refractivity contribution in [3.8, 4) is 0 Å². The Kier molecular flexibility index (Phi) is 6.33. The monoisotopic (exact) mass is 243 g/mol. The normalized spacial score (nSPS) is 12.7. The van der Waals surface area contributed by atoms with E-state index in [0.717, 1.165) is 18.9 Å². The largest absolute Gasteiger partial charge is 0.383 e. The fourth-order valence-corrected chi connectivity index (χ4v) is 2.07. The minimum atomic E-state index is 0.486. The zero-order valence-corrected chi connectivity index (χ0v) is 11.1. The molecule has 0 bridgehead atoms. The Morgan fingerprint density at radius 2 is 2.44 bits per heavy atom. The Labute approximate surface area is 102 Å². The summed E-state index contributed by atoms with van der Waals surface area (Å²) in [6.45, 7) is 3.72. The summed E-state index contributed by atoms with van der Waals surface area (Å²) in [5, 5.41) is 3.27. The van der Waals surface area contributed by atoms with E-state index in [1.54, 1.807) is 7.11 Å². The maximum atomic E-state index is 5.00. The Morgan fingerprint density at radius 1 is 1.62 bits per heavy atom. The van der Waals surface area contributed by atoms with E-state index in [9.17, 15) is 0 Å². The molecule has 0 saturated carbocycles. The molecule has 0 spiro atoms. The van der Waals surface area contributed by atoms with Crippen LogP contribution in [0.1, 0.15) is 19.4 Å². The van der Waals surface area contributed by atoms with E-state index in [-0.39, 0.29) is 0 Å². The summed E-state index contributed by atoms with van der Waals surface area (Å²) < 4.78 is 7.19. The molecule has 0 aliphatic heterocycles. The van der Waals surface area contributed by atoms with Crippen molar-refractivity contribution in [3.63, 3.8) is 0 Å². The fraction of sp³-hybridized carbons (Fsp3) is 0.727. The van der Waals surface area contributed by atoms with E-state index in [0.29, 0.717) is 12.6 Å². The summed E-state index contributed by atoms with van der Waals surface area (Å²) in [6.07, 6.45) is 7.17. The van der Waals surface area contributed by atoms with Gasteiger partial charge in [0.2, 0.25) is 5.95 Å². The molecule has 1 unspecified atom stereocenters. The number of ether oxygens (including phenoxy) is 1. The highest BCUT2D eigenvalue weighted by atomic mass is 32.2. The number of thioether (sulfide) groups is 1. The lowest BCUT2D eigenvalue weighted by Crippen LogP contribution is -2.14. The smallest absolute Gasteiger partial charge is 0.203 e. The van der Waals surface area contributed by atoms with Gasteiger partial charge in [-0.2, -0.15) is 11.8 Å². The Hall–Kier alpha value is -0.680. The van der Waals surface area contributed by atoms with E-state index in [1.807, 2.05) is 24.2 Å². The van der Waals surface area contributed by atoms with Crippen LogP contribution in [0, 0.1) is 0 Å². The van der Waals surface area contributed by atoms with Crippen LogP contribution in [0.4, 0.5) is 5.95 Å². The molecule has 5 heteroatoms. The number of hydrogen-bond donors (Lipinski definition) is 1. The van der Waals surface area contributed by atoms with Gasteiger partial charge in [-0.25, -0.2) is 4.98 Å². The van der Waals surface area contributed by atoms with Gasteiger partial charge in [0.05, 0.1) is 6.61 Å². The second kappa shape index (κ2) is 7.57. The Bertz CT molecular complexity index is 291. The van der Waals surface area contributed by atoms with Crippen molar-refractivity contribution in [1.29, 1.82) is 0 Å². The number of rotatable bonds is 8. The molecule has 0 radical (unpaired) electrons. The Morgan fingerprint density at radius 3 is 3.12 bits per heavy atom. The predicted molar refractivity (Wildman–Crippen MR) is 70.3 cm³/mol. The molecular weight excluding hydrogens is 222 g/mol. The predicted octanol–water partition coefficient (Wildman–Crippen LogP) is 2.26. The standard InChI is InChI=1S/C11H21N3OS/c1-10(4-9-16-3)14-7-5-12-11(14)13-6-8-15-2/h5,7,10H,4,6,8-9H2,1-3H3,(H,12,13). The van der Waals surface area contributed by atoms with Crippen LogP contribution in [0.25, 0.3) is 0 Å². The van der Waals surface area contributed by atoms with Crippen LogP contribution < -0.4 is 5.32 Å². The average Bonchev–Trinajstić information content (AvgIpc) is 2.74. The lowest BCUT2D eigenvalue weighted by Gasteiger charge is -2.16. The van der Waals surface area contributed by atoms with Crippen LogP contribution in [-0.2, 0) is 4.74 Å². The summed E-state index contributed by atoms with van der Waals surface area (Å²) >= 11 is 1.88. The van der Waals surface area contributed by atoms with E-state index >= 15 is 0 Å². The highest BCUT2D eigenvalue weighted by molar-refractivity contribution is 7.98. The molecule has 16 heavy (non-hydrogen) atoms. The van der Waals surface area contributed by atoms with Crippen LogP contribution in [0.2, 0.25) is 0 Å². The number of methoxy groups -OCH3 is 1. The third-order valence-corrected chi connectivity index (χ3v) is 3.12. The first-order valence-corrected chi connectivity index (χ1v) is 6.93. The molecule has 0 fully saturated rings. The van der Waals surface area contributed by atoms with Crippen molar-refractivity contribution in [1.82, 2.24) is 9.55 Å². The number of anilines is 1. The quantitative estimate of drug-likeness (QED) is 0.711. The summed E-state index contributed by atoms with van der Waals surface area (Å²) in [7, 11) is 1.70. The van der Waals surface area contributed by atoms with Gasteiger partial charge < -0.3 is 14.6 Å². The van der Waals surface area contributed by atoms with E-state index in [4.69, 9.17) is 4.74 Å². The number of aromatic nitrogens is 2. The maximum Gasteiger partial charge on any atom is 0.203 e. The van der Waals surface area contributed by atoms with Gasteiger partial charge in [-0.15, -0.1) is 0 Å². The van der Waals surface area contributed by atoms with Gasteiger partial charge in [0.15, 0.2) is 0 Å². The topological polar surface area (TPSA) is 39.1 Å². The molecule has 0 saturated heterocycles. The number of hydrogen-bond acceptors (Lipinski definition) is 4. The van der Waals surface area contributed by atoms with Gasteiger partial charge in [-0.05, 0) is 25.4 Å². The van der Waals surface area contributed by atoms with E-state index in [2.05, 4.69) is 28.0 Å². The van der Waals surface area contributed by atoms with Gasteiger partial charge in [0, 0.05) is 32.1 Å². The van der Waals surface area contributed by atoms with Gasteiger partial charge in [0.25, 0.3) is 0 Å². The zero-order valence-electron chi connectivity index (χ0n) is 10.3. The summed E-state index contributed by atoms with van der Waals surface area (Å²) in [6, 6.07) is 0.486. The van der Waals surface area contributed by atoms with Crippen LogP contribution in [0.5, 0.6) is 0 Å². The van der Waals surface area contributed by atoms with Gasteiger partial charge in [-0.1, -0.05) is 0 Å². The first-order chi connectivity index (χ1) is 7.79. The van der Waals surface area contributed by atoms with Crippen molar-refractivity contribution in [2.24, 2.45) is 0 Å². The Balaban J connectivity index is 2.48. The molecule has 0 aromatic carbocycles. The van der Waals surface area contributed by atoms with Crippen molar-refractivity contribution >= 4 is 17.7 Å². The first kappa shape index (κ1) is 13.4. The summed E-state index contributed by atoms with van der Waals surface area (Å²) in [4.78, 5) is 4.31. The highest BCUT2D eigenvalue weighted by Gasteiger charge is 2.08. The third kappa shape index (κ3) is 4.06. The van der Waals surface area contributed by atoms with Crippen molar-refractivity contribution < 1.29 is 4.74 Å². The molecule has 4 nitrogen and oxygen atoms in total. The minimum absolute atomic E-state index is 0.486. The zero-order chi connectivity index (χ0) is 11.8. The molecule has 92 valence electrons. The minimum Gasteiger partial charge on any atom is -0.383 e. The molecule has 1 atom stereocenters. The number of imidazole rings is 1. The van der Waals surface area contributed by atoms with Gasteiger partial charge in [-0.3, -0.25) is 0 Å². The molecule has 1 N–H and O–H groups in total. The van der Waals surface area contributed by atoms with Crippen LogP contribution in [0.3, 0.4) is 0 Å². The maximum absolute atomic E-state index is 5.00. The SMILES string of the molecule is COCCNc1nccn1C(C)CCSC. The molecule has 1 aromatic heterocycles. The van der Waals surface area contributed by atoms with Crippen molar-refractivity contribution in [2.75, 3.05) is 37.6 Å². The molecule has 1 heterocycles. The highest BCUT2D eigenvalue weighted by Crippen LogP contribution is 2.18. The molecule has 0 aliphatic carbocycles. The van der Waals surface area contributed by atoms with E-state index in [1.165, 1.54) is 5.75 Å². The molecule has 1 aromatic rings. The second-order valence-corrected chi connectivity index (χ2v) is 4.69. The average molecular weight is 243 g/mol. The summed E-state index contributed by atoms with van der Waals surface area (Å²) in [5.41, 5.74) is 0. The lowest BCUT2D eigenvalue weighted by atomic mass is 10.2. The summed E-state index contributed by atoms with van der Waals surface area (Å²) in [5.74, 6) is 2.11. The van der Waals surface area contributed by atoms with Crippen LogP contribution >= 0.6 is 11.8 Å². The van der Waals surface area contributed by atoms with Crippen molar-refractivity contribution in [2.45, 2.75) is 19.4 Å². The van der Waals surface area contributed by atoms with Crippen LogP contribution in [-0.4, -0.2) is 41.8 Å². The van der Waals surface area contributed by atoms with Gasteiger partial charge in [0.1, 0.15) is 0 Å². The molecule has 0 amide bonds. The number of nitrogens with one attached hydrogen (secondary N) is 1.